The van der Waals surface area contributed by atoms with E-state index in [4.69, 9.17) is 0 Å². The van der Waals surface area contributed by atoms with E-state index in [9.17, 15) is 9.59 Å². The normalized spacial score (nSPS) is 8.14. The molecule has 4 nitrogen and oxygen atoms in total. The molecule has 0 saturated heterocycles. The van der Waals surface area contributed by atoms with Crippen LogP contribution in [-0.4, -0.2) is 47.3 Å². The molecule has 0 N–H and O–H groups in total. The van der Waals surface area contributed by atoms with Crippen molar-refractivity contribution >= 4 is 46.6 Å². The summed E-state index contributed by atoms with van der Waals surface area (Å²) in [7, 11) is 2.78. The summed E-state index contributed by atoms with van der Waals surface area (Å²) in [5.74, 6) is -0.307. The third-order valence-electron chi connectivity index (χ3n) is 1.47. The molecule has 6 heteroatoms. The minimum absolute atomic E-state index is 0. The molecule has 0 aliphatic rings. The molecule has 0 atom stereocenters. The first-order chi connectivity index (χ1) is 6.20. The number of methoxy groups -OCH3 is 2. The first kappa shape index (κ1) is 16.5. The predicted octanol–water partition coefficient (Wildman–Crippen LogP) is 0.651. The van der Waals surface area contributed by atoms with Crippen LogP contribution in [0, 0.1) is 0 Å². The Kier molecular flexibility index (Phi) is 13.2. The van der Waals surface area contributed by atoms with E-state index in [0.29, 0.717) is 12.8 Å². The standard InChI is InChI=1S/2C4H7O2.S.Sn/c2*1-3-4(5)6-2;;/h2*1,3H2,2H3;;/q;;-2;+2. The van der Waals surface area contributed by atoms with Gasteiger partial charge in [0.25, 0.3) is 0 Å². The Hall–Kier alpha value is 0.0887. The molecule has 0 radical (unpaired) electrons. The molecule has 0 heterocycles. The van der Waals surface area contributed by atoms with E-state index in [1.165, 1.54) is 14.2 Å². The summed E-state index contributed by atoms with van der Waals surface area (Å²) in [5, 5.41) is 0. The summed E-state index contributed by atoms with van der Waals surface area (Å²) >= 11 is -0.551. The van der Waals surface area contributed by atoms with E-state index in [0.717, 1.165) is 8.87 Å². The SMILES string of the molecule is COC(=O)C[CH2][Sn+2][CH2]CC(=O)OC.[S-2]. The van der Waals surface area contributed by atoms with Crippen molar-refractivity contribution in [2.45, 2.75) is 21.7 Å². The summed E-state index contributed by atoms with van der Waals surface area (Å²) in [4.78, 5) is 21.4. The monoisotopic (exact) mass is 326 g/mol. The van der Waals surface area contributed by atoms with E-state index in [1.807, 2.05) is 0 Å². The maximum absolute atomic E-state index is 10.7. The molecule has 0 fully saturated rings. The Morgan fingerprint density at radius 1 is 1.00 bits per heavy atom. The molecule has 0 saturated carbocycles. The second-order valence-electron chi connectivity index (χ2n) is 2.40. The topological polar surface area (TPSA) is 52.6 Å². The van der Waals surface area contributed by atoms with Gasteiger partial charge < -0.3 is 13.5 Å². The van der Waals surface area contributed by atoms with Gasteiger partial charge in [-0.15, -0.1) is 0 Å². The Morgan fingerprint density at radius 3 is 1.64 bits per heavy atom. The van der Waals surface area contributed by atoms with Crippen molar-refractivity contribution in [1.29, 1.82) is 0 Å². The summed E-state index contributed by atoms with van der Waals surface area (Å²) in [5.41, 5.74) is 0. The van der Waals surface area contributed by atoms with Crippen LogP contribution in [0.15, 0.2) is 0 Å². The van der Waals surface area contributed by atoms with Crippen molar-refractivity contribution in [3.63, 3.8) is 0 Å². The Bertz CT molecular complexity index is 157. The fourth-order valence-electron chi connectivity index (χ4n) is 0.710. The summed E-state index contributed by atoms with van der Waals surface area (Å²) in [6.07, 6.45) is 1.01. The predicted molar refractivity (Wildman–Crippen MR) is 56.0 cm³/mol. The molecule has 0 aliphatic heterocycles. The zero-order valence-corrected chi connectivity index (χ0v) is 12.0. The van der Waals surface area contributed by atoms with Crippen LogP contribution in [0.2, 0.25) is 8.87 Å². The third-order valence-corrected chi connectivity index (χ3v) is 4.91. The average Bonchev–Trinajstić information content (AvgIpc) is 2.16. The van der Waals surface area contributed by atoms with Gasteiger partial charge in [-0.2, -0.15) is 0 Å². The molecule has 0 aromatic rings. The molecule has 0 spiro atoms. The van der Waals surface area contributed by atoms with Gasteiger partial charge in [0.2, 0.25) is 0 Å². The van der Waals surface area contributed by atoms with Crippen LogP contribution in [0.25, 0.3) is 0 Å². The second kappa shape index (κ2) is 11.2. The van der Waals surface area contributed by atoms with Crippen molar-refractivity contribution in [3.05, 3.63) is 0 Å². The number of rotatable bonds is 6. The van der Waals surface area contributed by atoms with E-state index >= 15 is 0 Å². The molecular weight excluding hydrogens is 311 g/mol. The van der Waals surface area contributed by atoms with Gasteiger partial charge in [-0.25, -0.2) is 0 Å². The van der Waals surface area contributed by atoms with Gasteiger partial charge in [-0.05, 0) is 0 Å². The van der Waals surface area contributed by atoms with Crippen LogP contribution >= 0.6 is 0 Å². The minimum Gasteiger partial charge on any atom is -2.00 e. The maximum atomic E-state index is 10.7. The number of ether oxygens (including phenoxy) is 2. The Morgan fingerprint density at radius 2 is 1.36 bits per heavy atom. The quantitative estimate of drug-likeness (QED) is 0.409. The number of hydrogen-bond acceptors (Lipinski definition) is 4. The van der Waals surface area contributed by atoms with Crippen LogP contribution < -0.4 is 0 Å². The van der Waals surface area contributed by atoms with Crippen LogP contribution in [-0.2, 0) is 32.6 Å². The van der Waals surface area contributed by atoms with E-state index in [1.54, 1.807) is 0 Å². The van der Waals surface area contributed by atoms with E-state index in [2.05, 4.69) is 9.47 Å². The number of carbonyl (C=O) groups is 2. The molecule has 80 valence electrons. The largest absolute Gasteiger partial charge is 2.00 e. The van der Waals surface area contributed by atoms with Gasteiger partial charge in [-0.1, -0.05) is 0 Å². The molecule has 0 rings (SSSR count). The smallest absolute Gasteiger partial charge is 2.00 e. The maximum Gasteiger partial charge on any atom is -2.00 e. The third kappa shape index (κ3) is 10.2. The molecule has 0 unspecified atom stereocenters. The van der Waals surface area contributed by atoms with Gasteiger partial charge >= 0.3 is 88.1 Å². The molecule has 0 bridgehead atoms. The zero-order valence-electron chi connectivity index (χ0n) is 8.37. The summed E-state index contributed by atoms with van der Waals surface area (Å²) in [6, 6.07) is 0. The van der Waals surface area contributed by atoms with Gasteiger partial charge in [0.1, 0.15) is 0 Å². The zero-order chi connectivity index (χ0) is 10.1. The van der Waals surface area contributed by atoms with Gasteiger partial charge in [0.15, 0.2) is 0 Å². The first-order valence-electron chi connectivity index (χ1n) is 4.05. The van der Waals surface area contributed by atoms with Crippen molar-refractivity contribution in [1.82, 2.24) is 0 Å². The van der Waals surface area contributed by atoms with Gasteiger partial charge in [-0.3, -0.25) is 0 Å². The van der Waals surface area contributed by atoms with Crippen LogP contribution in [0.3, 0.4) is 0 Å². The fraction of sp³-hybridized carbons (Fsp3) is 0.750. The van der Waals surface area contributed by atoms with Crippen molar-refractivity contribution in [2.24, 2.45) is 0 Å². The number of esters is 2. The molecule has 0 aliphatic carbocycles. The van der Waals surface area contributed by atoms with Crippen molar-refractivity contribution in [2.75, 3.05) is 14.2 Å². The Balaban J connectivity index is 0. The van der Waals surface area contributed by atoms with E-state index < -0.39 is 21.1 Å². The summed E-state index contributed by atoms with van der Waals surface area (Å²) in [6.45, 7) is 0. The van der Waals surface area contributed by atoms with Crippen molar-refractivity contribution in [3.8, 4) is 0 Å². The number of hydrogen-bond donors (Lipinski definition) is 0. The second-order valence-corrected chi connectivity index (χ2v) is 6.68. The molecular formula is C8H14O4SSn. The van der Waals surface area contributed by atoms with Crippen LogP contribution in [0.1, 0.15) is 12.8 Å². The van der Waals surface area contributed by atoms with Crippen LogP contribution in [0.5, 0.6) is 0 Å². The van der Waals surface area contributed by atoms with E-state index in [-0.39, 0.29) is 25.4 Å². The first-order valence-corrected chi connectivity index (χ1v) is 8.08. The molecule has 0 aromatic heterocycles. The molecule has 0 aromatic carbocycles. The average molecular weight is 325 g/mol. The minimum atomic E-state index is -0.551. The van der Waals surface area contributed by atoms with Crippen LogP contribution in [0.4, 0.5) is 0 Å². The summed E-state index contributed by atoms with van der Waals surface area (Å²) < 4.78 is 10.9. The Labute approximate surface area is 101 Å². The number of carbonyl (C=O) groups excluding carboxylic acids is 2. The van der Waals surface area contributed by atoms with Gasteiger partial charge in [0, 0.05) is 0 Å². The fourth-order valence-corrected chi connectivity index (χ4v) is 3.60. The van der Waals surface area contributed by atoms with Gasteiger partial charge in [0.05, 0.1) is 0 Å². The molecule has 0 amide bonds. The molecule has 14 heavy (non-hydrogen) atoms. The van der Waals surface area contributed by atoms with Crippen molar-refractivity contribution < 1.29 is 19.1 Å².